The molecule has 2 heterocycles. The van der Waals surface area contributed by atoms with Crippen LogP contribution in [0.2, 0.25) is 5.02 Å². The minimum atomic E-state index is -4.55. The number of carbonyl (C=O) groups excluding carboxylic acids is 1. The fourth-order valence-corrected chi connectivity index (χ4v) is 4.19. The summed E-state index contributed by atoms with van der Waals surface area (Å²) in [6.07, 6.45) is -2.84. The van der Waals surface area contributed by atoms with Gasteiger partial charge in [-0.2, -0.15) is 13.2 Å². The van der Waals surface area contributed by atoms with E-state index in [-0.39, 0.29) is 35.1 Å². The number of pyridine rings is 1. The number of hydrogen-bond donors (Lipinski definition) is 4. The zero-order valence-electron chi connectivity index (χ0n) is 16.7. The molecule has 1 aromatic heterocycles. The fourth-order valence-electron chi connectivity index (χ4n) is 3.05. The van der Waals surface area contributed by atoms with Crippen LogP contribution in [0.4, 0.5) is 19.0 Å². The highest BCUT2D eigenvalue weighted by Crippen LogP contribution is 2.32. The smallest absolute Gasteiger partial charge is 0.369 e. The Hall–Kier alpha value is -2.41. The van der Waals surface area contributed by atoms with Crippen molar-refractivity contribution in [2.45, 2.75) is 36.9 Å². The van der Waals surface area contributed by atoms with Gasteiger partial charge in [-0.15, -0.1) is 4.83 Å². The summed E-state index contributed by atoms with van der Waals surface area (Å²) in [6.45, 7) is 1.61. The Balaban J connectivity index is 1.44. The number of anilines is 1. The summed E-state index contributed by atoms with van der Waals surface area (Å²) in [7, 11) is -3.93. The first-order chi connectivity index (χ1) is 15.1. The third kappa shape index (κ3) is 6.31. The first-order valence-corrected chi connectivity index (χ1v) is 11.5. The Morgan fingerprint density at radius 3 is 2.72 bits per heavy atom. The molecular formula is C19H21ClF3N5O3S. The zero-order chi connectivity index (χ0) is 23.4. The molecule has 0 radical (unpaired) electrons. The minimum absolute atomic E-state index is 0.0398. The number of aromatic nitrogens is 1. The third-order valence-electron chi connectivity index (χ3n) is 4.74. The van der Waals surface area contributed by atoms with Crippen LogP contribution in [-0.2, 0) is 34.0 Å². The Morgan fingerprint density at radius 1 is 1.22 bits per heavy atom. The van der Waals surface area contributed by atoms with Crippen LogP contribution in [0.25, 0.3) is 0 Å². The van der Waals surface area contributed by atoms with Crippen LogP contribution in [0, 0.1) is 0 Å². The van der Waals surface area contributed by atoms with Gasteiger partial charge in [0.15, 0.2) is 0 Å². The van der Waals surface area contributed by atoms with Crippen LogP contribution in [-0.4, -0.2) is 32.4 Å². The lowest BCUT2D eigenvalue weighted by molar-refractivity contribution is -0.137. The normalized spacial score (nSPS) is 14.0. The van der Waals surface area contributed by atoms with Gasteiger partial charge in [0.2, 0.25) is 5.91 Å². The molecule has 0 aliphatic carbocycles. The standard InChI is InChI=1S/C19H21ClF3N5O3S/c20-16-9-14(19(21,22)23)11-26-18(16)25-6-1-2-17(29)27-28-32(30,31)15-4-3-12-5-7-24-10-13(12)8-15/h3-4,8-9,11,24,28H,1-2,5-7,10H2,(H,25,26)(H,27,29). The second kappa shape index (κ2) is 10.0. The van der Waals surface area contributed by atoms with Crippen LogP contribution in [0.15, 0.2) is 35.4 Å². The number of fused-ring (bicyclic) bond motifs is 1. The van der Waals surface area contributed by atoms with E-state index in [0.29, 0.717) is 12.7 Å². The van der Waals surface area contributed by atoms with Crippen LogP contribution < -0.4 is 20.9 Å². The summed E-state index contributed by atoms with van der Waals surface area (Å²) in [5, 5.41) is 5.71. The molecule has 0 saturated carbocycles. The number of nitrogens with one attached hydrogen (secondary N) is 4. The number of benzene rings is 1. The van der Waals surface area contributed by atoms with Gasteiger partial charge in [0, 0.05) is 25.7 Å². The summed E-state index contributed by atoms with van der Waals surface area (Å²) in [6, 6.07) is 5.58. The van der Waals surface area contributed by atoms with Crippen molar-refractivity contribution in [3.63, 3.8) is 0 Å². The van der Waals surface area contributed by atoms with Crippen LogP contribution in [0.1, 0.15) is 29.5 Å². The van der Waals surface area contributed by atoms with E-state index in [1.807, 2.05) is 0 Å². The summed E-state index contributed by atoms with van der Waals surface area (Å²) >= 11 is 5.79. The van der Waals surface area contributed by atoms with Crippen molar-refractivity contribution < 1.29 is 26.4 Å². The van der Waals surface area contributed by atoms with Crippen molar-refractivity contribution in [2.24, 2.45) is 0 Å². The van der Waals surface area contributed by atoms with Crippen molar-refractivity contribution in [1.29, 1.82) is 0 Å². The number of halogens is 4. The largest absolute Gasteiger partial charge is 0.417 e. The molecule has 32 heavy (non-hydrogen) atoms. The molecule has 0 atom stereocenters. The molecule has 8 nitrogen and oxygen atoms in total. The van der Waals surface area contributed by atoms with Crippen molar-refractivity contribution >= 4 is 33.3 Å². The van der Waals surface area contributed by atoms with Crippen LogP contribution >= 0.6 is 11.6 Å². The van der Waals surface area contributed by atoms with Gasteiger partial charge in [-0.05, 0) is 48.7 Å². The zero-order valence-corrected chi connectivity index (χ0v) is 18.3. The topological polar surface area (TPSA) is 112 Å². The Kier molecular flexibility index (Phi) is 7.59. The highest BCUT2D eigenvalue weighted by Gasteiger charge is 2.31. The molecule has 4 N–H and O–H groups in total. The molecule has 1 amide bonds. The van der Waals surface area contributed by atoms with Gasteiger partial charge >= 0.3 is 6.18 Å². The molecular weight excluding hydrogens is 471 g/mol. The maximum Gasteiger partial charge on any atom is 0.417 e. The molecule has 0 bridgehead atoms. The summed E-state index contributed by atoms with van der Waals surface area (Å²) in [4.78, 5) is 17.7. The average Bonchev–Trinajstić information content (AvgIpc) is 2.75. The highest BCUT2D eigenvalue weighted by atomic mass is 35.5. The quantitative estimate of drug-likeness (QED) is 0.333. The Labute approximate surface area is 188 Å². The fraction of sp³-hybridized carbons (Fsp3) is 0.368. The van der Waals surface area contributed by atoms with Gasteiger partial charge in [0.25, 0.3) is 10.0 Å². The molecule has 174 valence electrons. The Bertz CT molecular complexity index is 1100. The summed E-state index contributed by atoms with van der Waals surface area (Å²) < 4.78 is 62.7. The van der Waals surface area contributed by atoms with Gasteiger partial charge in [0.1, 0.15) is 5.82 Å². The van der Waals surface area contributed by atoms with E-state index in [1.54, 1.807) is 12.1 Å². The molecule has 3 rings (SSSR count). The number of carbonyl (C=O) groups is 1. The van der Waals surface area contributed by atoms with Crippen molar-refractivity contribution in [2.75, 3.05) is 18.4 Å². The number of amides is 1. The number of rotatable bonds is 8. The predicted octanol–water partition coefficient (Wildman–Crippen LogP) is 2.60. The number of alkyl halides is 3. The van der Waals surface area contributed by atoms with Gasteiger partial charge in [-0.25, -0.2) is 13.4 Å². The summed E-state index contributed by atoms with van der Waals surface area (Å²) in [5.41, 5.74) is 3.17. The number of sulfonamides is 1. The lowest BCUT2D eigenvalue weighted by Gasteiger charge is -2.18. The maximum absolute atomic E-state index is 12.6. The number of hydrogen-bond acceptors (Lipinski definition) is 6. The average molecular weight is 492 g/mol. The van der Waals surface area contributed by atoms with Gasteiger partial charge in [0.05, 0.1) is 15.5 Å². The molecule has 0 unspecified atom stereocenters. The molecule has 1 aliphatic heterocycles. The van der Waals surface area contributed by atoms with E-state index in [2.05, 4.69) is 25.9 Å². The third-order valence-corrected chi connectivity index (χ3v) is 6.27. The van der Waals surface area contributed by atoms with E-state index in [0.717, 1.165) is 30.2 Å². The summed E-state index contributed by atoms with van der Waals surface area (Å²) in [5.74, 6) is -0.510. The first kappa shape index (κ1) is 24.2. The van der Waals surface area contributed by atoms with E-state index >= 15 is 0 Å². The van der Waals surface area contributed by atoms with E-state index < -0.39 is 27.7 Å². The molecule has 1 aromatic carbocycles. The monoisotopic (exact) mass is 491 g/mol. The van der Waals surface area contributed by atoms with E-state index in [9.17, 15) is 26.4 Å². The van der Waals surface area contributed by atoms with Gasteiger partial charge in [-0.3, -0.25) is 10.2 Å². The second-order valence-corrected chi connectivity index (χ2v) is 9.18. The lowest BCUT2D eigenvalue weighted by Crippen LogP contribution is -2.41. The molecule has 13 heteroatoms. The molecule has 0 spiro atoms. The Morgan fingerprint density at radius 2 is 2.00 bits per heavy atom. The first-order valence-electron chi connectivity index (χ1n) is 9.66. The van der Waals surface area contributed by atoms with Crippen molar-refractivity contribution in [3.05, 3.63) is 52.2 Å². The number of hydrazine groups is 1. The van der Waals surface area contributed by atoms with Gasteiger partial charge < -0.3 is 10.6 Å². The number of nitrogens with zero attached hydrogens (tertiary/aromatic N) is 1. The van der Waals surface area contributed by atoms with E-state index in [4.69, 9.17) is 11.6 Å². The molecule has 0 fully saturated rings. The molecule has 2 aromatic rings. The maximum atomic E-state index is 12.6. The highest BCUT2D eigenvalue weighted by molar-refractivity contribution is 7.89. The van der Waals surface area contributed by atoms with Crippen molar-refractivity contribution in [3.8, 4) is 0 Å². The van der Waals surface area contributed by atoms with Crippen LogP contribution in [0.3, 0.4) is 0 Å². The van der Waals surface area contributed by atoms with Crippen molar-refractivity contribution in [1.82, 2.24) is 20.6 Å². The lowest BCUT2D eigenvalue weighted by atomic mass is 10.0. The molecule has 1 aliphatic rings. The second-order valence-electron chi connectivity index (χ2n) is 7.09. The minimum Gasteiger partial charge on any atom is -0.369 e. The SMILES string of the molecule is O=C(CCCNc1ncc(C(F)(F)F)cc1Cl)NNS(=O)(=O)c1ccc2c(c1)CNCC2. The van der Waals surface area contributed by atoms with Crippen LogP contribution in [0.5, 0.6) is 0 Å². The van der Waals surface area contributed by atoms with Gasteiger partial charge in [-0.1, -0.05) is 17.7 Å². The van der Waals surface area contributed by atoms with E-state index in [1.165, 1.54) is 6.07 Å². The predicted molar refractivity (Wildman–Crippen MR) is 112 cm³/mol. The molecule has 0 saturated heterocycles.